The molecule has 7 heteroatoms. The van der Waals surface area contributed by atoms with Gasteiger partial charge in [-0.15, -0.1) is 0 Å². The maximum Gasteiger partial charge on any atom is 0.235 e. The first kappa shape index (κ1) is 18.9. The average Bonchev–Trinajstić information content (AvgIpc) is 3.50. The van der Waals surface area contributed by atoms with Gasteiger partial charge in [0.1, 0.15) is 5.75 Å². The predicted octanol–water partition coefficient (Wildman–Crippen LogP) is 4.71. The van der Waals surface area contributed by atoms with Crippen LogP contribution >= 0.6 is 0 Å². The second kappa shape index (κ2) is 7.60. The van der Waals surface area contributed by atoms with Crippen molar-refractivity contribution >= 4 is 10.9 Å². The van der Waals surface area contributed by atoms with Crippen molar-refractivity contribution in [2.45, 2.75) is 19.5 Å². The van der Waals surface area contributed by atoms with Crippen molar-refractivity contribution in [2.75, 3.05) is 0 Å². The van der Waals surface area contributed by atoms with Crippen molar-refractivity contribution in [3.05, 3.63) is 73.4 Å². The molecule has 5 rings (SSSR count). The number of phenols is 1. The maximum atomic E-state index is 10.9. The number of nitrogens with zero attached hydrogens (tertiary/aromatic N) is 3. The summed E-state index contributed by atoms with van der Waals surface area (Å²) in [6.07, 6.45) is 8.03. The van der Waals surface area contributed by atoms with Crippen molar-refractivity contribution < 1.29 is 15.3 Å². The molecule has 0 atom stereocenters. The Labute approximate surface area is 178 Å². The first-order chi connectivity index (χ1) is 15.1. The van der Waals surface area contributed by atoms with Gasteiger partial charge in [-0.3, -0.25) is 0 Å². The monoisotopic (exact) mass is 414 g/mol. The van der Waals surface area contributed by atoms with E-state index in [9.17, 15) is 15.3 Å². The van der Waals surface area contributed by atoms with Crippen molar-refractivity contribution in [2.24, 2.45) is 0 Å². The Kier molecular flexibility index (Phi) is 4.63. The summed E-state index contributed by atoms with van der Waals surface area (Å²) in [5.41, 5.74) is 3.82. The van der Waals surface area contributed by atoms with E-state index in [1.807, 2.05) is 41.2 Å². The minimum absolute atomic E-state index is 0.140. The van der Waals surface area contributed by atoms with Crippen LogP contribution in [0.3, 0.4) is 0 Å². The number of H-pyrrole nitrogens is 1. The molecule has 0 saturated carbocycles. The van der Waals surface area contributed by atoms with Crippen molar-refractivity contribution in [3.63, 3.8) is 0 Å². The molecule has 0 spiro atoms. The number of benzene rings is 2. The lowest BCUT2D eigenvalue weighted by molar-refractivity contribution is 0.369. The largest absolute Gasteiger partial charge is 0.508 e. The van der Waals surface area contributed by atoms with E-state index < -0.39 is 0 Å². The molecule has 7 nitrogen and oxygen atoms in total. The van der Waals surface area contributed by atoms with Gasteiger partial charge < -0.3 is 29.4 Å². The van der Waals surface area contributed by atoms with Crippen LogP contribution in [0.2, 0.25) is 0 Å². The number of phenolic OH excluding ortho intramolecular Hbond substituents is 1. The van der Waals surface area contributed by atoms with Crippen LogP contribution in [-0.4, -0.2) is 34.4 Å². The van der Waals surface area contributed by atoms with E-state index in [1.54, 1.807) is 41.4 Å². The van der Waals surface area contributed by atoms with Crippen LogP contribution < -0.4 is 0 Å². The lowest BCUT2D eigenvalue weighted by Crippen LogP contribution is -2.04. The maximum absolute atomic E-state index is 10.9. The first-order valence-electron chi connectivity index (χ1n) is 10.1. The standard InChI is InChI=1S/C24H22N4O3/c29-17-8-6-16(7-9-17)21-22(19-14-26-20-5-2-1-4-18(19)20)28(24(31)23(21)30)12-3-11-27-13-10-25-15-27/h1-2,4-10,13-15,26,29-31H,3,11-12H2. The molecule has 0 fully saturated rings. The van der Waals surface area contributed by atoms with Crippen LogP contribution in [0.25, 0.3) is 33.3 Å². The Bertz CT molecular complexity index is 1330. The Hall–Kier alpha value is -4.13. The highest BCUT2D eigenvalue weighted by molar-refractivity contribution is 6.01. The third-order valence-corrected chi connectivity index (χ3v) is 5.57. The van der Waals surface area contributed by atoms with Gasteiger partial charge in [0.25, 0.3) is 0 Å². The van der Waals surface area contributed by atoms with E-state index in [0.29, 0.717) is 17.7 Å². The van der Waals surface area contributed by atoms with Gasteiger partial charge in [0.05, 0.1) is 17.6 Å². The Morgan fingerprint density at radius 1 is 0.935 bits per heavy atom. The van der Waals surface area contributed by atoms with Gasteiger partial charge in [-0.1, -0.05) is 30.3 Å². The first-order valence-corrected chi connectivity index (χ1v) is 10.1. The second-order valence-electron chi connectivity index (χ2n) is 7.50. The van der Waals surface area contributed by atoms with Crippen molar-refractivity contribution in [1.29, 1.82) is 0 Å². The minimum Gasteiger partial charge on any atom is -0.508 e. The third kappa shape index (κ3) is 3.30. The fourth-order valence-electron chi connectivity index (χ4n) is 4.09. The normalized spacial score (nSPS) is 11.4. The van der Waals surface area contributed by atoms with E-state index in [2.05, 4.69) is 9.97 Å². The topological polar surface area (TPSA) is 99.2 Å². The van der Waals surface area contributed by atoms with E-state index in [1.165, 1.54) is 0 Å². The highest BCUT2D eigenvalue weighted by Gasteiger charge is 2.26. The van der Waals surface area contributed by atoms with Crippen LogP contribution in [0, 0.1) is 0 Å². The minimum atomic E-state index is -0.173. The molecule has 2 aromatic carbocycles. The number of imidazole rings is 1. The highest BCUT2D eigenvalue weighted by atomic mass is 16.3. The van der Waals surface area contributed by atoms with E-state index >= 15 is 0 Å². The molecule has 0 aliphatic rings. The zero-order chi connectivity index (χ0) is 21.4. The van der Waals surface area contributed by atoms with E-state index in [0.717, 1.165) is 35.1 Å². The molecule has 3 heterocycles. The number of aromatic hydroxyl groups is 3. The molecular weight excluding hydrogens is 392 g/mol. The molecular formula is C24H22N4O3. The number of para-hydroxylation sites is 1. The molecule has 0 unspecified atom stereocenters. The molecule has 156 valence electrons. The van der Waals surface area contributed by atoms with E-state index in [-0.39, 0.29) is 17.4 Å². The predicted molar refractivity (Wildman–Crippen MR) is 119 cm³/mol. The fraction of sp³-hybridized carbons (Fsp3) is 0.125. The molecule has 0 saturated heterocycles. The molecule has 0 amide bonds. The summed E-state index contributed by atoms with van der Waals surface area (Å²) in [6, 6.07) is 14.5. The second-order valence-corrected chi connectivity index (χ2v) is 7.50. The van der Waals surface area contributed by atoms with Gasteiger partial charge in [-0.05, 0) is 30.2 Å². The molecule has 0 aliphatic heterocycles. The summed E-state index contributed by atoms with van der Waals surface area (Å²) in [6.45, 7) is 1.24. The summed E-state index contributed by atoms with van der Waals surface area (Å²) >= 11 is 0. The molecule has 4 N–H and O–H groups in total. The van der Waals surface area contributed by atoms with Gasteiger partial charge >= 0.3 is 0 Å². The molecule has 0 radical (unpaired) electrons. The Morgan fingerprint density at radius 3 is 2.52 bits per heavy atom. The molecule has 31 heavy (non-hydrogen) atoms. The van der Waals surface area contributed by atoms with E-state index in [4.69, 9.17) is 0 Å². The summed E-state index contributed by atoms with van der Waals surface area (Å²) < 4.78 is 3.73. The molecule has 0 aliphatic carbocycles. The summed E-state index contributed by atoms with van der Waals surface area (Å²) in [5, 5.41) is 32.5. The van der Waals surface area contributed by atoms with Crippen LogP contribution in [-0.2, 0) is 13.1 Å². The summed E-state index contributed by atoms with van der Waals surface area (Å²) in [5.74, 6) is -0.205. The number of aryl methyl sites for hydroxylation is 1. The van der Waals surface area contributed by atoms with Gasteiger partial charge in [0, 0.05) is 48.1 Å². The number of aromatic amines is 1. The molecule has 5 aromatic rings. The van der Waals surface area contributed by atoms with Crippen LogP contribution in [0.4, 0.5) is 0 Å². The molecule has 3 aromatic heterocycles. The van der Waals surface area contributed by atoms with Gasteiger partial charge in [-0.25, -0.2) is 4.98 Å². The quantitative estimate of drug-likeness (QED) is 0.323. The number of hydrogen-bond acceptors (Lipinski definition) is 4. The van der Waals surface area contributed by atoms with Crippen molar-refractivity contribution in [1.82, 2.24) is 19.1 Å². The smallest absolute Gasteiger partial charge is 0.235 e. The van der Waals surface area contributed by atoms with Gasteiger partial charge in [0.2, 0.25) is 5.88 Å². The third-order valence-electron chi connectivity index (χ3n) is 5.57. The van der Waals surface area contributed by atoms with Crippen LogP contribution in [0.5, 0.6) is 17.4 Å². The van der Waals surface area contributed by atoms with Gasteiger partial charge in [0.15, 0.2) is 5.75 Å². The summed E-state index contributed by atoms with van der Waals surface area (Å²) in [7, 11) is 0. The van der Waals surface area contributed by atoms with Gasteiger partial charge in [-0.2, -0.15) is 0 Å². The fourth-order valence-corrected chi connectivity index (χ4v) is 4.09. The highest BCUT2D eigenvalue weighted by Crippen LogP contribution is 2.48. The average molecular weight is 414 g/mol. The number of fused-ring (bicyclic) bond motifs is 1. The Morgan fingerprint density at radius 2 is 1.74 bits per heavy atom. The molecule has 0 bridgehead atoms. The lowest BCUT2D eigenvalue weighted by Gasteiger charge is -2.12. The van der Waals surface area contributed by atoms with Crippen molar-refractivity contribution in [3.8, 4) is 39.8 Å². The number of nitrogens with one attached hydrogen (secondary N) is 1. The zero-order valence-electron chi connectivity index (χ0n) is 16.7. The zero-order valence-corrected chi connectivity index (χ0v) is 16.7. The Balaban J connectivity index is 1.66. The number of rotatable bonds is 6. The van der Waals surface area contributed by atoms with Crippen LogP contribution in [0.15, 0.2) is 73.4 Å². The summed E-state index contributed by atoms with van der Waals surface area (Å²) in [4.78, 5) is 7.34. The SMILES string of the molecule is Oc1ccc(-c2c(O)c(O)n(CCCn3ccnc3)c2-c2c[nH]c3ccccc23)cc1. The van der Waals surface area contributed by atoms with Crippen LogP contribution in [0.1, 0.15) is 6.42 Å². The number of hydrogen-bond donors (Lipinski definition) is 4. The lowest BCUT2D eigenvalue weighted by atomic mass is 10.00. The number of aromatic nitrogens is 4.